The van der Waals surface area contributed by atoms with E-state index < -0.39 is 18.5 Å². The zero-order valence-corrected chi connectivity index (χ0v) is 18.0. The summed E-state index contributed by atoms with van der Waals surface area (Å²) in [6, 6.07) is 9.33. The van der Waals surface area contributed by atoms with Crippen molar-refractivity contribution in [3.8, 4) is 27.8 Å². The van der Waals surface area contributed by atoms with Crippen molar-refractivity contribution in [3.63, 3.8) is 0 Å². The van der Waals surface area contributed by atoms with Crippen LogP contribution in [0.1, 0.15) is 20.8 Å². The van der Waals surface area contributed by atoms with Gasteiger partial charge in [0.05, 0.1) is 32.6 Å². The van der Waals surface area contributed by atoms with Crippen LogP contribution < -0.4 is 19.5 Å². The Bertz CT molecular complexity index is 1120. The Balaban J connectivity index is 1.90. The first kappa shape index (κ1) is 22.9. The average Bonchev–Trinajstić information content (AvgIpc) is 3.29. The van der Waals surface area contributed by atoms with E-state index in [0.717, 1.165) is 24.8 Å². The van der Waals surface area contributed by atoms with Crippen LogP contribution >= 0.6 is 11.3 Å². The second-order valence-electron chi connectivity index (χ2n) is 6.14. The number of carbonyl (C=O) groups excluding carboxylic acids is 2. The lowest BCUT2D eigenvalue weighted by Crippen LogP contribution is -2.16. The molecular weight excluding hydrogens is 446 g/mol. The van der Waals surface area contributed by atoms with Crippen molar-refractivity contribution in [2.24, 2.45) is 0 Å². The van der Waals surface area contributed by atoms with Crippen LogP contribution in [-0.2, 0) is 4.74 Å². The number of carbonyl (C=O) groups is 2. The maximum Gasteiger partial charge on any atom is 0.387 e. The number of ether oxygens (including phenoxy) is 4. The summed E-state index contributed by atoms with van der Waals surface area (Å²) in [6.45, 7) is -3.14. The number of nitrogens with one attached hydrogen (secondary N) is 1. The molecule has 0 aliphatic rings. The Morgan fingerprint density at radius 2 is 1.75 bits per heavy atom. The highest BCUT2D eigenvalue weighted by molar-refractivity contribution is 7.13. The number of hydrogen-bond donors (Lipinski definition) is 1. The molecule has 32 heavy (non-hydrogen) atoms. The predicted molar refractivity (Wildman–Crippen MR) is 113 cm³/mol. The molecule has 1 aromatic heterocycles. The Morgan fingerprint density at radius 3 is 2.34 bits per heavy atom. The molecule has 0 aliphatic heterocycles. The third kappa shape index (κ3) is 5.11. The number of esters is 1. The molecule has 0 spiro atoms. The number of nitrogens with zero attached hydrogens (tertiary/aromatic N) is 1. The van der Waals surface area contributed by atoms with Crippen molar-refractivity contribution in [1.29, 1.82) is 0 Å². The minimum atomic E-state index is -3.14. The fourth-order valence-corrected chi connectivity index (χ4v) is 3.53. The summed E-state index contributed by atoms with van der Waals surface area (Å²) in [6.07, 6.45) is 0. The summed E-state index contributed by atoms with van der Waals surface area (Å²) in [7, 11) is 3.93. The topological polar surface area (TPSA) is 96.0 Å². The minimum Gasteiger partial charge on any atom is -0.497 e. The van der Waals surface area contributed by atoms with Gasteiger partial charge in [-0.3, -0.25) is 4.79 Å². The van der Waals surface area contributed by atoms with E-state index in [9.17, 15) is 18.4 Å². The lowest BCUT2D eigenvalue weighted by Gasteiger charge is -2.15. The van der Waals surface area contributed by atoms with Crippen LogP contribution in [0.2, 0.25) is 0 Å². The first-order valence-electron chi connectivity index (χ1n) is 9.02. The highest BCUT2D eigenvalue weighted by Crippen LogP contribution is 2.35. The number of amides is 1. The van der Waals surface area contributed by atoms with Gasteiger partial charge in [-0.2, -0.15) is 8.78 Å². The number of rotatable bonds is 8. The lowest BCUT2D eigenvalue weighted by atomic mass is 10.1. The molecule has 0 radical (unpaired) electrons. The molecule has 1 N–H and O–H groups in total. The molecular formula is C21H18F2N2O6S. The van der Waals surface area contributed by atoms with Crippen LogP contribution in [0.5, 0.6) is 17.2 Å². The van der Waals surface area contributed by atoms with E-state index in [2.05, 4.69) is 15.0 Å². The molecule has 0 unspecified atom stereocenters. The van der Waals surface area contributed by atoms with Gasteiger partial charge in [-0.05, 0) is 24.3 Å². The van der Waals surface area contributed by atoms with Gasteiger partial charge in [0.2, 0.25) is 0 Å². The smallest absolute Gasteiger partial charge is 0.387 e. The first-order chi connectivity index (χ1) is 15.4. The molecule has 0 bridgehead atoms. The van der Waals surface area contributed by atoms with Crippen molar-refractivity contribution in [3.05, 3.63) is 53.0 Å². The van der Waals surface area contributed by atoms with Crippen LogP contribution in [0.25, 0.3) is 10.6 Å². The molecule has 3 rings (SSSR count). The fraction of sp³-hybridized carbons (Fsp3) is 0.190. The monoisotopic (exact) mass is 464 g/mol. The van der Waals surface area contributed by atoms with Gasteiger partial charge in [0.1, 0.15) is 16.5 Å². The Morgan fingerprint density at radius 1 is 1.03 bits per heavy atom. The number of methoxy groups -OCH3 is 3. The molecule has 8 nitrogen and oxygen atoms in total. The van der Waals surface area contributed by atoms with E-state index in [0.29, 0.717) is 10.8 Å². The summed E-state index contributed by atoms with van der Waals surface area (Å²) in [5.74, 6) is -1.26. The minimum absolute atomic E-state index is 0.0729. The van der Waals surface area contributed by atoms with E-state index in [1.807, 2.05) is 0 Å². The zero-order valence-electron chi connectivity index (χ0n) is 17.2. The number of aromatic nitrogens is 1. The highest BCUT2D eigenvalue weighted by atomic mass is 32.1. The Kier molecular flexibility index (Phi) is 7.21. The molecule has 3 aromatic rings. The van der Waals surface area contributed by atoms with Crippen molar-refractivity contribution < 1.29 is 37.3 Å². The standard InChI is InChI=1S/C21H18F2N2O6S/c1-28-12-6-4-11(5-7-12)19-25-15(10-32-19)18(26)24-14-9-17(31-21(22)23)16(29-2)8-13(14)20(27)30-3/h4-10,21H,1-3H3,(H,24,26). The van der Waals surface area contributed by atoms with Crippen LogP contribution in [0.4, 0.5) is 14.5 Å². The second-order valence-corrected chi connectivity index (χ2v) is 7.00. The molecule has 0 atom stereocenters. The van der Waals surface area contributed by atoms with Gasteiger partial charge in [-0.1, -0.05) is 0 Å². The number of halogens is 2. The third-order valence-electron chi connectivity index (χ3n) is 4.25. The Hall–Kier alpha value is -3.73. The van der Waals surface area contributed by atoms with Gasteiger partial charge < -0.3 is 24.3 Å². The zero-order chi connectivity index (χ0) is 23.3. The Labute approximate surface area is 185 Å². The fourth-order valence-electron chi connectivity index (χ4n) is 2.72. The van der Waals surface area contributed by atoms with E-state index in [1.54, 1.807) is 31.4 Å². The van der Waals surface area contributed by atoms with Gasteiger partial charge in [-0.25, -0.2) is 9.78 Å². The van der Waals surface area contributed by atoms with Gasteiger partial charge in [-0.15, -0.1) is 11.3 Å². The summed E-state index contributed by atoms with van der Waals surface area (Å²) in [5, 5.41) is 4.61. The maximum absolute atomic E-state index is 12.8. The normalized spacial score (nSPS) is 10.6. The van der Waals surface area contributed by atoms with Crippen molar-refractivity contribution in [2.45, 2.75) is 6.61 Å². The molecule has 11 heteroatoms. The third-order valence-corrected chi connectivity index (χ3v) is 5.14. The summed E-state index contributed by atoms with van der Waals surface area (Å²) in [4.78, 5) is 29.2. The van der Waals surface area contributed by atoms with Crippen LogP contribution in [-0.4, -0.2) is 44.8 Å². The molecule has 2 aromatic carbocycles. The van der Waals surface area contributed by atoms with Crippen LogP contribution in [0.3, 0.4) is 0 Å². The lowest BCUT2D eigenvalue weighted by molar-refractivity contribution is -0.0511. The second kappa shape index (κ2) is 10.1. The summed E-state index contributed by atoms with van der Waals surface area (Å²) < 4.78 is 44.8. The molecule has 1 amide bonds. The number of thiazole rings is 1. The average molecular weight is 464 g/mol. The predicted octanol–water partition coefficient (Wildman–Crippen LogP) is 4.47. The maximum atomic E-state index is 12.8. The molecule has 0 saturated carbocycles. The molecule has 0 saturated heterocycles. The summed E-state index contributed by atoms with van der Waals surface area (Å²) >= 11 is 1.24. The quantitative estimate of drug-likeness (QED) is 0.492. The highest BCUT2D eigenvalue weighted by Gasteiger charge is 2.22. The van der Waals surface area contributed by atoms with Gasteiger partial charge in [0.15, 0.2) is 11.5 Å². The molecule has 0 aliphatic carbocycles. The van der Waals surface area contributed by atoms with E-state index in [4.69, 9.17) is 14.2 Å². The molecule has 168 valence electrons. The summed E-state index contributed by atoms with van der Waals surface area (Å²) in [5.41, 5.74) is 0.646. The van der Waals surface area contributed by atoms with Gasteiger partial charge >= 0.3 is 12.6 Å². The first-order valence-corrected chi connectivity index (χ1v) is 9.90. The van der Waals surface area contributed by atoms with Gasteiger partial charge in [0.25, 0.3) is 5.91 Å². The van der Waals surface area contributed by atoms with Crippen LogP contribution in [0.15, 0.2) is 41.8 Å². The SMILES string of the molecule is COC(=O)c1cc(OC)c(OC(F)F)cc1NC(=O)c1csc(-c2ccc(OC)cc2)n1. The van der Waals surface area contributed by atoms with Crippen molar-refractivity contribution >= 4 is 28.9 Å². The number of anilines is 1. The van der Waals surface area contributed by atoms with Crippen LogP contribution in [0, 0.1) is 0 Å². The number of alkyl halides is 2. The number of hydrogen-bond acceptors (Lipinski definition) is 8. The molecule has 1 heterocycles. The van der Waals surface area contributed by atoms with E-state index in [1.165, 1.54) is 23.8 Å². The van der Waals surface area contributed by atoms with E-state index >= 15 is 0 Å². The van der Waals surface area contributed by atoms with Gasteiger partial charge in [0, 0.05) is 23.1 Å². The molecule has 0 fully saturated rings. The number of benzene rings is 2. The van der Waals surface area contributed by atoms with Crippen molar-refractivity contribution in [2.75, 3.05) is 26.6 Å². The largest absolute Gasteiger partial charge is 0.497 e. The van der Waals surface area contributed by atoms with Crippen molar-refractivity contribution in [1.82, 2.24) is 4.98 Å². The van der Waals surface area contributed by atoms with E-state index in [-0.39, 0.29) is 28.4 Å².